The summed E-state index contributed by atoms with van der Waals surface area (Å²) in [5.41, 5.74) is -1.25. The number of carbonyl (C=O) groups is 2. The highest BCUT2D eigenvalue weighted by molar-refractivity contribution is 5.96. The van der Waals surface area contributed by atoms with Crippen LogP contribution in [0.4, 0.5) is 17.6 Å². The first-order valence-electron chi connectivity index (χ1n) is 7.16. The van der Waals surface area contributed by atoms with Gasteiger partial charge in [-0.15, -0.1) is 0 Å². The van der Waals surface area contributed by atoms with Gasteiger partial charge in [-0.1, -0.05) is 0 Å². The molecule has 0 saturated heterocycles. The number of rotatable bonds is 6. The molecule has 9 heteroatoms. The zero-order valence-electron chi connectivity index (χ0n) is 13.3. The lowest BCUT2D eigenvalue weighted by atomic mass is 10.1. The monoisotopic (exact) mass is 372 g/mol. The second-order valence-electron chi connectivity index (χ2n) is 5.04. The molecule has 0 heterocycles. The molecule has 0 amide bonds. The Labute approximate surface area is 144 Å². The molecule has 26 heavy (non-hydrogen) atoms. The molecular weight excluding hydrogens is 360 g/mol. The van der Waals surface area contributed by atoms with Crippen molar-refractivity contribution < 1.29 is 41.7 Å². The Morgan fingerprint density at radius 3 is 2.35 bits per heavy atom. The second-order valence-corrected chi connectivity index (χ2v) is 5.04. The van der Waals surface area contributed by atoms with Crippen LogP contribution in [0.1, 0.15) is 27.1 Å². The normalized spacial score (nSPS) is 10.5. The maximum Gasteiger partial charge on any atom is 0.344 e. The smallest absolute Gasteiger partial charge is 0.344 e. The van der Waals surface area contributed by atoms with Crippen LogP contribution in [-0.2, 0) is 4.74 Å². The fourth-order valence-corrected chi connectivity index (χ4v) is 2.07. The second kappa shape index (κ2) is 7.85. The summed E-state index contributed by atoms with van der Waals surface area (Å²) in [6, 6.07) is 3.06. The van der Waals surface area contributed by atoms with Gasteiger partial charge in [-0.2, -0.15) is 4.39 Å². The van der Waals surface area contributed by atoms with Gasteiger partial charge in [0, 0.05) is 12.0 Å². The van der Waals surface area contributed by atoms with Crippen LogP contribution in [0.5, 0.6) is 11.5 Å². The van der Waals surface area contributed by atoms with Crippen LogP contribution in [-0.4, -0.2) is 30.6 Å². The average molecular weight is 372 g/mol. The van der Waals surface area contributed by atoms with Gasteiger partial charge in [0.2, 0.25) is 0 Å². The topological polar surface area (TPSA) is 72.8 Å². The van der Waals surface area contributed by atoms with E-state index in [-0.39, 0.29) is 12.0 Å². The summed E-state index contributed by atoms with van der Waals surface area (Å²) in [5.74, 6) is -8.80. The molecule has 0 aromatic heterocycles. The molecule has 0 atom stereocenters. The molecule has 0 bridgehead atoms. The molecule has 2 aromatic rings. The zero-order chi connectivity index (χ0) is 19.4. The van der Waals surface area contributed by atoms with Crippen LogP contribution in [0.15, 0.2) is 24.3 Å². The predicted molar refractivity (Wildman–Crippen MR) is 80.2 cm³/mol. The molecule has 0 saturated carbocycles. The minimum absolute atomic E-state index is 0.306. The summed E-state index contributed by atoms with van der Waals surface area (Å²) >= 11 is 0. The molecule has 0 spiro atoms. The number of benzene rings is 2. The number of ketones is 1. The Bertz CT molecular complexity index is 843. The van der Waals surface area contributed by atoms with Crippen LogP contribution >= 0.6 is 0 Å². The molecule has 138 valence electrons. The third kappa shape index (κ3) is 3.93. The standard InChI is InChI=1S/C17H12F4O5/c1-25-17(24)14-9(18)2-3-13(16(14)21)26-5-4-11(22)8-6-10(19)15(20)12(23)7-8/h2-3,6-7,23H,4-5H2,1H3. The number of carbonyl (C=O) groups excluding carboxylic acids is 2. The lowest BCUT2D eigenvalue weighted by Gasteiger charge is -2.10. The minimum Gasteiger partial charge on any atom is -0.505 e. The van der Waals surface area contributed by atoms with Crippen molar-refractivity contribution in [2.45, 2.75) is 6.42 Å². The van der Waals surface area contributed by atoms with Crippen LogP contribution in [0, 0.1) is 23.3 Å². The number of phenols is 1. The van der Waals surface area contributed by atoms with E-state index in [0.717, 1.165) is 25.3 Å². The molecular formula is C17H12F4O5. The fourth-order valence-electron chi connectivity index (χ4n) is 2.07. The summed E-state index contributed by atoms with van der Waals surface area (Å²) in [5, 5.41) is 9.17. The Kier molecular flexibility index (Phi) is 5.81. The van der Waals surface area contributed by atoms with E-state index in [1.165, 1.54) is 0 Å². The van der Waals surface area contributed by atoms with Crippen LogP contribution in [0.2, 0.25) is 0 Å². The van der Waals surface area contributed by atoms with Crippen molar-refractivity contribution >= 4 is 11.8 Å². The summed E-state index contributed by atoms with van der Waals surface area (Å²) in [6.45, 7) is -0.401. The number of aromatic hydroxyl groups is 1. The molecule has 0 aliphatic rings. The first-order valence-corrected chi connectivity index (χ1v) is 7.16. The van der Waals surface area contributed by atoms with Gasteiger partial charge in [0.15, 0.2) is 34.7 Å². The third-order valence-corrected chi connectivity index (χ3v) is 3.36. The number of hydrogen-bond donors (Lipinski definition) is 1. The SMILES string of the molecule is COC(=O)c1c(F)ccc(OCCC(=O)c2cc(O)c(F)c(F)c2)c1F. The van der Waals surface area contributed by atoms with Crippen LogP contribution < -0.4 is 4.74 Å². The molecule has 0 aliphatic carbocycles. The van der Waals surface area contributed by atoms with Crippen molar-refractivity contribution in [2.75, 3.05) is 13.7 Å². The molecule has 2 aromatic carbocycles. The van der Waals surface area contributed by atoms with Crippen molar-refractivity contribution in [1.82, 2.24) is 0 Å². The van der Waals surface area contributed by atoms with Crippen molar-refractivity contribution in [3.63, 3.8) is 0 Å². The van der Waals surface area contributed by atoms with Crippen molar-refractivity contribution in [3.05, 3.63) is 58.7 Å². The molecule has 0 unspecified atom stereocenters. The number of hydrogen-bond acceptors (Lipinski definition) is 5. The van der Waals surface area contributed by atoms with Gasteiger partial charge < -0.3 is 14.6 Å². The van der Waals surface area contributed by atoms with E-state index >= 15 is 0 Å². The number of Topliss-reactive ketones (excluding diaryl/α,β-unsaturated/α-hetero) is 1. The molecule has 0 radical (unpaired) electrons. The van der Waals surface area contributed by atoms with Gasteiger partial charge in [-0.3, -0.25) is 4.79 Å². The first kappa shape index (κ1) is 19.2. The fraction of sp³-hybridized carbons (Fsp3) is 0.176. The summed E-state index contributed by atoms with van der Waals surface area (Å²) in [4.78, 5) is 23.3. The molecule has 1 N–H and O–H groups in total. The van der Waals surface area contributed by atoms with E-state index in [2.05, 4.69) is 4.74 Å². The van der Waals surface area contributed by atoms with E-state index < -0.39 is 58.7 Å². The van der Waals surface area contributed by atoms with E-state index in [1.54, 1.807) is 0 Å². The highest BCUT2D eigenvalue weighted by Gasteiger charge is 2.22. The third-order valence-electron chi connectivity index (χ3n) is 3.36. The van der Waals surface area contributed by atoms with E-state index in [9.17, 15) is 32.3 Å². The number of phenolic OH excluding ortho intramolecular Hbond substituents is 1. The highest BCUT2D eigenvalue weighted by Crippen LogP contribution is 2.25. The molecule has 0 fully saturated rings. The summed E-state index contributed by atoms with van der Waals surface area (Å²) < 4.78 is 63.0. The van der Waals surface area contributed by atoms with Gasteiger partial charge in [-0.05, 0) is 24.3 Å². The van der Waals surface area contributed by atoms with Crippen molar-refractivity contribution in [3.8, 4) is 11.5 Å². The Morgan fingerprint density at radius 1 is 1.04 bits per heavy atom. The zero-order valence-corrected chi connectivity index (χ0v) is 13.3. The van der Waals surface area contributed by atoms with Gasteiger partial charge in [0.1, 0.15) is 11.4 Å². The van der Waals surface area contributed by atoms with Gasteiger partial charge >= 0.3 is 5.97 Å². The van der Waals surface area contributed by atoms with Crippen LogP contribution in [0.3, 0.4) is 0 Å². The van der Waals surface area contributed by atoms with E-state index in [1.807, 2.05) is 0 Å². The number of methoxy groups -OCH3 is 1. The molecule has 5 nitrogen and oxygen atoms in total. The molecule has 2 rings (SSSR count). The lowest BCUT2D eigenvalue weighted by Crippen LogP contribution is -2.12. The lowest BCUT2D eigenvalue weighted by molar-refractivity contribution is 0.0588. The van der Waals surface area contributed by atoms with Crippen LogP contribution in [0.25, 0.3) is 0 Å². The summed E-state index contributed by atoms with van der Waals surface area (Å²) in [7, 11) is 0.949. The number of esters is 1. The number of ether oxygens (including phenoxy) is 2. The molecule has 0 aliphatic heterocycles. The van der Waals surface area contributed by atoms with Crippen molar-refractivity contribution in [1.29, 1.82) is 0 Å². The predicted octanol–water partition coefficient (Wildman–Crippen LogP) is 3.39. The minimum atomic E-state index is -1.48. The van der Waals surface area contributed by atoms with E-state index in [0.29, 0.717) is 6.07 Å². The Hall–Kier alpha value is -3.10. The average Bonchev–Trinajstić information content (AvgIpc) is 2.60. The quantitative estimate of drug-likeness (QED) is 0.478. The van der Waals surface area contributed by atoms with Gasteiger partial charge in [0.25, 0.3) is 0 Å². The largest absolute Gasteiger partial charge is 0.505 e. The van der Waals surface area contributed by atoms with Crippen molar-refractivity contribution in [2.24, 2.45) is 0 Å². The maximum absolute atomic E-state index is 14.1. The number of halogens is 4. The van der Waals surface area contributed by atoms with Gasteiger partial charge in [-0.25, -0.2) is 18.0 Å². The maximum atomic E-state index is 14.1. The van der Waals surface area contributed by atoms with E-state index in [4.69, 9.17) is 4.74 Å². The van der Waals surface area contributed by atoms with Gasteiger partial charge in [0.05, 0.1) is 13.7 Å². The Balaban J connectivity index is 2.08. The summed E-state index contributed by atoms with van der Waals surface area (Å²) in [6.07, 6.45) is -0.380. The Morgan fingerprint density at radius 2 is 1.73 bits per heavy atom. The first-order chi connectivity index (χ1) is 12.3. The highest BCUT2D eigenvalue weighted by atomic mass is 19.2.